The van der Waals surface area contributed by atoms with Crippen LogP contribution >= 0.6 is 0 Å². The van der Waals surface area contributed by atoms with E-state index in [0.717, 1.165) is 49.4 Å². The number of hydrogen-bond acceptors (Lipinski definition) is 9. The van der Waals surface area contributed by atoms with Crippen LogP contribution < -0.4 is 32.3 Å². The third-order valence-electron chi connectivity index (χ3n) is 13.3. The van der Waals surface area contributed by atoms with E-state index >= 15 is 0 Å². The van der Waals surface area contributed by atoms with Crippen molar-refractivity contribution >= 4 is 80.1 Å². The molecule has 1 saturated carbocycles. The van der Waals surface area contributed by atoms with E-state index in [4.69, 9.17) is 10.5 Å². The van der Waals surface area contributed by atoms with Gasteiger partial charge >= 0.3 is 12.1 Å². The van der Waals surface area contributed by atoms with Crippen LogP contribution in [0.25, 0.3) is 32.7 Å². The zero-order chi connectivity index (χ0) is 51.4. The van der Waals surface area contributed by atoms with E-state index < -0.39 is 84.1 Å². The Bertz CT molecular complexity index is 3140. The van der Waals surface area contributed by atoms with Gasteiger partial charge in [-0.05, 0) is 59.7 Å². The Balaban J connectivity index is 0.959. The number of nitrogens with one attached hydrogen (secondary N) is 8. The molecule has 3 heterocycles. The number of fused-ring (bicyclic) bond motifs is 3. The summed E-state index contributed by atoms with van der Waals surface area (Å²) >= 11 is 0. The lowest BCUT2D eigenvalue weighted by Crippen LogP contribution is -2.57. The maximum absolute atomic E-state index is 14.5. The standard InChI is InChI=1S/C54H57N9O10/c55-47(64)26-46(53(70)71)62-50(67)43(23-33-27-56-39-17-7-4-14-36(33)39)59-48(65)22-21-32-13-10-20-42(49(32)66)60-51(68)44(24-34-28-57-40-18-8-5-15-37(34)40)61-52(69)45(25-35-29-58-41-19-9-6-16-38(35)41)63-54(72)73-30-31-11-2-1-3-12-31/h1-9,11-12,14-19,27-29,32,42-46,56-58H,10,13,20-26,30H2,(H2,55,64)(H,59,65)(H,60,68)(H,61,69)(H,62,67)(H,63,72)(H,70,71)/t32-,42-,43+,44+,45+,46+/m1/s1. The number of H-pyrrole nitrogens is 3. The summed E-state index contributed by atoms with van der Waals surface area (Å²) < 4.78 is 5.52. The lowest BCUT2D eigenvalue weighted by molar-refractivity contribution is -0.143. The van der Waals surface area contributed by atoms with Crippen LogP contribution in [-0.2, 0) is 64.2 Å². The minimum atomic E-state index is -1.63. The van der Waals surface area contributed by atoms with Crippen molar-refractivity contribution < 1.29 is 48.2 Å². The Labute approximate surface area is 418 Å². The number of hydrogen-bond donors (Lipinski definition) is 10. The fraction of sp³-hybridized carbons (Fsp3) is 0.296. The molecule has 0 unspecified atom stereocenters. The van der Waals surface area contributed by atoms with Gasteiger partial charge in [-0.3, -0.25) is 28.8 Å². The first-order valence-electron chi connectivity index (χ1n) is 24.2. The summed E-state index contributed by atoms with van der Waals surface area (Å²) in [5.74, 6) is -6.09. The Morgan fingerprint density at radius 3 is 1.60 bits per heavy atom. The molecular formula is C54H57N9O10. The number of ketones is 1. The van der Waals surface area contributed by atoms with Gasteiger partial charge in [0.2, 0.25) is 29.5 Å². The van der Waals surface area contributed by atoms with Gasteiger partial charge in [0.1, 0.15) is 30.8 Å². The highest BCUT2D eigenvalue weighted by Crippen LogP contribution is 2.27. The Morgan fingerprint density at radius 1 is 0.603 bits per heavy atom. The number of ether oxygens (including phenoxy) is 1. The minimum absolute atomic E-state index is 0.0212. The van der Waals surface area contributed by atoms with E-state index in [1.807, 2.05) is 91.0 Å². The number of alkyl carbamates (subject to hydrolysis) is 1. The topological polar surface area (TPSA) is 300 Å². The molecule has 19 nitrogen and oxygen atoms in total. The van der Waals surface area contributed by atoms with Crippen molar-refractivity contribution in [3.8, 4) is 0 Å². The zero-order valence-corrected chi connectivity index (χ0v) is 39.8. The number of amides is 6. The molecule has 7 aromatic rings. The number of carboxylic acid groups (broad SMARTS) is 1. The highest BCUT2D eigenvalue weighted by Gasteiger charge is 2.36. The van der Waals surface area contributed by atoms with Gasteiger partial charge in [-0.15, -0.1) is 0 Å². The molecule has 8 rings (SSSR count). The number of carboxylic acids is 1. The van der Waals surface area contributed by atoms with E-state index in [1.54, 1.807) is 30.7 Å². The van der Waals surface area contributed by atoms with Gasteiger partial charge < -0.3 is 57.1 Å². The zero-order valence-electron chi connectivity index (χ0n) is 39.8. The summed E-state index contributed by atoms with van der Waals surface area (Å²) in [5, 5.41) is 25.7. The Kier molecular flexibility index (Phi) is 16.3. The van der Waals surface area contributed by atoms with Crippen LogP contribution in [0.5, 0.6) is 0 Å². The van der Waals surface area contributed by atoms with Gasteiger partial charge in [0.05, 0.1) is 12.5 Å². The first-order valence-corrected chi connectivity index (χ1v) is 24.2. The van der Waals surface area contributed by atoms with Crippen LogP contribution in [0.4, 0.5) is 4.79 Å². The van der Waals surface area contributed by atoms with Crippen molar-refractivity contribution in [1.29, 1.82) is 0 Å². The monoisotopic (exact) mass is 991 g/mol. The third kappa shape index (κ3) is 13.0. The second-order valence-corrected chi connectivity index (χ2v) is 18.3. The molecule has 73 heavy (non-hydrogen) atoms. The van der Waals surface area contributed by atoms with Crippen LogP contribution in [0.1, 0.15) is 60.8 Å². The van der Waals surface area contributed by atoms with E-state index in [1.165, 1.54) is 0 Å². The Hall–Kier alpha value is -8.74. The minimum Gasteiger partial charge on any atom is -0.480 e. The highest BCUT2D eigenvalue weighted by atomic mass is 16.5. The number of rotatable bonds is 22. The molecule has 1 aliphatic rings. The average Bonchev–Trinajstić information content (AvgIpc) is 4.12. The molecule has 0 radical (unpaired) electrons. The molecule has 0 bridgehead atoms. The molecule has 4 aromatic carbocycles. The SMILES string of the molecule is NC(=O)C[C@H](NC(=O)[C@H](Cc1c[nH]c2ccccc12)NC(=O)CC[C@H]1CCC[C@@H](NC(=O)[C@H](Cc2c[nH]c3ccccc23)NC(=O)[C@H](Cc2c[nH]c3ccccc23)NC(=O)OCc2ccccc2)C1=O)C(=O)O. The van der Waals surface area contributed by atoms with Crippen molar-refractivity contribution in [3.63, 3.8) is 0 Å². The number of aliphatic carboxylic acids is 1. The van der Waals surface area contributed by atoms with Gasteiger partial charge in [-0.2, -0.15) is 0 Å². The Morgan fingerprint density at radius 2 is 1.08 bits per heavy atom. The van der Waals surface area contributed by atoms with Gasteiger partial charge in [0.15, 0.2) is 5.78 Å². The fourth-order valence-corrected chi connectivity index (χ4v) is 9.45. The van der Waals surface area contributed by atoms with Crippen molar-refractivity contribution in [2.45, 2.75) is 94.6 Å². The van der Waals surface area contributed by atoms with Crippen molar-refractivity contribution in [2.75, 3.05) is 0 Å². The molecule has 11 N–H and O–H groups in total. The van der Waals surface area contributed by atoms with Crippen molar-refractivity contribution in [2.24, 2.45) is 11.7 Å². The molecule has 3 aromatic heterocycles. The highest BCUT2D eigenvalue weighted by molar-refractivity contribution is 5.97. The van der Waals surface area contributed by atoms with Crippen LogP contribution in [0.2, 0.25) is 0 Å². The lowest BCUT2D eigenvalue weighted by atomic mass is 9.81. The molecule has 19 heteroatoms. The number of benzene rings is 4. The maximum atomic E-state index is 14.5. The number of primary amides is 1. The molecule has 0 aliphatic heterocycles. The quantitative estimate of drug-likeness (QED) is 0.0454. The van der Waals surface area contributed by atoms with E-state index in [0.29, 0.717) is 24.8 Å². The molecule has 0 saturated heterocycles. The number of Topliss-reactive ketones (excluding diaryl/α,β-unsaturated/α-hetero) is 1. The van der Waals surface area contributed by atoms with E-state index in [2.05, 4.69) is 41.5 Å². The molecule has 6 atom stereocenters. The molecule has 378 valence electrons. The summed E-state index contributed by atoms with van der Waals surface area (Å²) in [7, 11) is 0. The summed E-state index contributed by atoms with van der Waals surface area (Å²) in [5.41, 5.74) is 10.5. The fourth-order valence-electron chi connectivity index (χ4n) is 9.45. The largest absolute Gasteiger partial charge is 0.480 e. The number of nitrogens with two attached hydrogens (primary N) is 1. The predicted octanol–water partition coefficient (Wildman–Crippen LogP) is 4.50. The van der Waals surface area contributed by atoms with Crippen LogP contribution in [0, 0.1) is 5.92 Å². The summed E-state index contributed by atoms with van der Waals surface area (Å²) in [4.78, 5) is 117. The number of para-hydroxylation sites is 3. The first kappa shape index (κ1) is 50.6. The smallest absolute Gasteiger partial charge is 0.408 e. The summed E-state index contributed by atoms with van der Waals surface area (Å²) in [6.07, 6.45) is 4.90. The van der Waals surface area contributed by atoms with Gasteiger partial charge in [-0.25, -0.2) is 9.59 Å². The van der Waals surface area contributed by atoms with Crippen LogP contribution in [0.15, 0.2) is 122 Å². The number of aromatic nitrogens is 3. The molecule has 1 aliphatic carbocycles. The van der Waals surface area contributed by atoms with Crippen molar-refractivity contribution in [1.82, 2.24) is 41.5 Å². The summed E-state index contributed by atoms with van der Waals surface area (Å²) in [6.45, 7) is -0.0427. The van der Waals surface area contributed by atoms with Crippen molar-refractivity contribution in [3.05, 3.63) is 144 Å². The lowest BCUT2D eigenvalue weighted by Gasteiger charge is -2.30. The molecule has 1 fully saturated rings. The van der Waals surface area contributed by atoms with E-state index in [9.17, 15) is 43.5 Å². The number of carbonyl (C=O) groups excluding carboxylic acids is 7. The third-order valence-corrected chi connectivity index (χ3v) is 13.3. The molecule has 6 amide bonds. The first-order chi connectivity index (χ1) is 35.3. The van der Waals surface area contributed by atoms with E-state index in [-0.39, 0.29) is 44.5 Å². The van der Waals surface area contributed by atoms with Crippen LogP contribution in [0.3, 0.4) is 0 Å². The predicted molar refractivity (Wildman–Crippen MR) is 270 cm³/mol. The normalized spacial score (nSPS) is 16.2. The second-order valence-electron chi connectivity index (χ2n) is 18.3. The van der Waals surface area contributed by atoms with Gasteiger partial charge in [0.25, 0.3) is 0 Å². The maximum Gasteiger partial charge on any atom is 0.408 e. The average molecular weight is 992 g/mol. The van der Waals surface area contributed by atoms with Crippen LogP contribution in [-0.4, -0.2) is 97.6 Å². The summed E-state index contributed by atoms with van der Waals surface area (Å²) in [6, 6.07) is 25.2. The number of carbonyl (C=O) groups is 8. The number of aromatic amines is 3. The molecular weight excluding hydrogens is 935 g/mol. The van der Waals surface area contributed by atoms with Gasteiger partial charge in [-0.1, -0.05) is 91.3 Å². The van der Waals surface area contributed by atoms with Gasteiger partial charge in [0, 0.05) is 82.9 Å². The second kappa shape index (κ2) is 23.4. The molecule has 0 spiro atoms.